The number of rotatable bonds is 4. The summed E-state index contributed by atoms with van der Waals surface area (Å²) in [7, 11) is -11.4. The molecule has 120 valence electrons. The first-order chi connectivity index (χ1) is 8.83. The summed E-state index contributed by atoms with van der Waals surface area (Å²) in [6.45, 7) is 0. The molecule has 2 unspecified atom stereocenters. The number of hydrogen-bond donors (Lipinski definition) is 4. The molecule has 6 atom stereocenters. The van der Waals surface area contributed by atoms with Gasteiger partial charge >= 0.3 is 0 Å². The Morgan fingerprint density at radius 3 is 1.00 bits per heavy atom. The second-order valence-corrected chi connectivity index (χ2v) is 6.21. The summed E-state index contributed by atoms with van der Waals surface area (Å²) in [5.74, 6) is 0. The first-order valence-electron chi connectivity index (χ1n) is 4.96. The molecular weight excluding hydrogens is 326 g/mol. The van der Waals surface area contributed by atoms with Crippen molar-refractivity contribution in [3.8, 4) is 0 Å². The third kappa shape index (κ3) is 4.53. The van der Waals surface area contributed by atoms with Gasteiger partial charge in [0.05, 0.1) is 15.6 Å². The van der Waals surface area contributed by atoms with Gasteiger partial charge in [-0.25, -0.2) is 0 Å². The lowest BCUT2D eigenvalue weighted by Crippen LogP contribution is -2.65. The molecule has 0 amide bonds. The first kappa shape index (κ1) is 18.1. The Bertz CT molecular complexity index is 372. The van der Waals surface area contributed by atoms with E-state index in [0.29, 0.717) is 0 Å². The highest BCUT2D eigenvalue weighted by Crippen LogP contribution is 2.38. The molecule has 0 aliphatic heterocycles. The number of aliphatic hydroxyl groups is 4. The van der Waals surface area contributed by atoms with E-state index in [1.165, 1.54) is 0 Å². The zero-order valence-electron chi connectivity index (χ0n) is 9.41. The SMILES string of the molecule is O=P([O-])([O-])OC1[C@@H](O)[C@@H](O)C(OP(=O)([O-])[O-])[C@H](O)[C@H]1O. The molecule has 12 nitrogen and oxygen atoms in total. The van der Waals surface area contributed by atoms with Crippen molar-refractivity contribution in [2.75, 3.05) is 0 Å². The van der Waals surface area contributed by atoms with E-state index in [4.69, 9.17) is 0 Å². The fourth-order valence-corrected chi connectivity index (χ4v) is 2.82. The van der Waals surface area contributed by atoms with Gasteiger partial charge < -0.3 is 58.2 Å². The highest BCUT2D eigenvalue weighted by atomic mass is 31.2. The molecule has 1 aliphatic rings. The van der Waals surface area contributed by atoms with Crippen LogP contribution in [0.4, 0.5) is 0 Å². The van der Waals surface area contributed by atoms with E-state index < -0.39 is 52.3 Å². The molecule has 0 radical (unpaired) electrons. The summed E-state index contributed by atoms with van der Waals surface area (Å²) >= 11 is 0. The van der Waals surface area contributed by atoms with E-state index in [1.807, 2.05) is 0 Å². The van der Waals surface area contributed by atoms with E-state index in [2.05, 4.69) is 9.05 Å². The summed E-state index contributed by atoms with van der Waals surface area (Å²) in [6, 6.07) is 0. The molecule has 0 aromatic rings. The predicted octanol–water partition coefficient (Wildman–Crippen LogP) is -6.13. The normalized spacial score (nSPS) is 39.8. The molecule has 0 saturated heterocycles. The summed E-state index contributed by atoms with van der Waals surface area (Å²) in [5, 5.41) is 37.7. The largest absolute Gasteiger partial charge is 0.790 e. The topological polar surface area (TPSA) is 226 Å². The summed E-state index contributed by atoms with van der Waals surface area (Å²) < 4.78 is 28.3. The van der Waals surface area contributed by atoms with E-state index in [0.717, 1.165) is 0 Å². The van der Waals surface area contributed by atoms with Crippen LogP contribution >= 0.6 is 15.6 Å². The van der Waals surface area contributed by atoms with Crippen molar-refractivity contribution in [3.05, 3.63) is 0 Å². The summed E-state index contributed by atoms with van der Waals surface area (Å²) in [6.07, 6.45) is -13.7. The van der Waals surface area contributed by atoms with Crippen LogP contribution in [0.2, 0.25) is 0 Å². The Balaban J connectivity index is 2.96. The number of hydrogen-bond acceptors (Lipinski definition) is 12. The van der Waals surface area contributed by atoms with Crippen molar-refractivity contribution in [1.82, 2.24) is 0 Å². The maximum atomic E-state index is 10.4. The zero-order valence-corrected chi connectivity index (χ0v) is 11.2. The van der Waals surface area contributed by atoms with Gasteiger partial charge in [0.25, 0.3) is 0 Å². The van der Waals surface area contributed by atoms with Crippen molar-refractivity contribution >= 4 is 15.6 Å². The average molecular weight is 336 g/mol. The molecule has 0 spiro atoms. The van der Waals surface area contributed by atoms with Crippen molar-refractivity contribution in [1.29, 1.82) is 0 Å². The van der Waals surface area contributed by atoms with E-state index in [-0.39, 0.29) is 0 Å². The van der Waals surface area contributed by atoms with Crippen LogP contribution in [0.15, 0.2) is 0 Å². The van der Waals surface area contributed by atoms with Gasteiger partial charge in [-0.05, 0) is 0 Å². The highest BCUT2D eigenvalue weighted by Gasteiger charge is 2.50. The van der Waals surface area contributed by atoms with E-state index >= 15 is 0 Å². The van der Waals surface area contributed by atoms with Crippen LogP contribution in [0.3, 0.4) is 0 Å². The molecule has 1 fully saturated rings. The van der Waals surface area contributed by atoms with Gasteiger partial charge in [0.1, 0.15) is 36.6 Å². The predicted molar refractivity (Wildman–Crippen MR) is 49.0 cm³/mol. The fourth-order valence-electron chi connectivity index (χ4n) is 1.73. The highest BCUT2D eigenvalue weighted by molar-refractivity contribution is 7.43. The van der Waals surface area contributed by atoms with Crippen LogP contribution in [0, 0.1) is 0 Å². The lowest BCUT2D eigenvalue weighted by Gasteiger charge is -2.48. The molecule has 0 aromatic heterocycles. The Kier molecular flexibility index (Phi) is 5.48. The lowest BCUT2D eigenvalue weighted by molar-refractivity contribution is -0.362. The maximum Gasteiger partial charge on any atom is 0.120 e. The van der Waals surface area contributed by atoms with E-state index in [1.54, 1.807) is 0 Å². The van der Waals surface area contributed by atoms with Gasteiger partial charge in [0, 0.05) is 0 Å². The smallest absolute Gasteiger partial charge is 0.120 e. The van der Waals surface area contributed by atoms with Crippen molar-refractivity contribution in [3.63, 3.8) is 0 Å². The van der Waals surface area contributed by atoms with Crippen molar-refractivity contribution in [2.45, 2.75) is 36.6 Å². The van der Waals surface area contributed by atoms with Crippen molar-refractivity contribution < 1.29 is 58.2 Å². The number of phosphoric ester groups is 2. The monoisotopic (exact) mass is 336 g/mol. The third-order valence-electron chi connectivity index (χ3n) is 2.55. The number of aliphatic hydroxyl groups excluding tert-OH is 4. The van der Waals surface area contributed by atoms with Gasteiger partial charge in [-0.15, -0.1) is 0 Å². The number of phosphoric acid groups is 2. The minimum atomic E-state index is -5.68. The second kappa shape index (κ2) is 6.05. The second-order valence-electron chi connectivity index (χ2n) is 4.00. The third-order valence-corrected chi connectivity index (χ3v) is 3.55. The van der Waals surface area contributed by atoms with Gasteiger partial charge in [0.15, 0.2) is 0 Å². The van der Waals surface area contributed by atoms with Crippen LogP contribution in [-0.4, -0.2) is 57.0 Å². The van der Waals surface area contributed by atoms with Crippen LogP contribution in [0.5, 0.6) is 0 Å². The molecule has 0 bridgehead atoms. The Morgan fingerprint density at radius 1 is 0.650 bits per heavy atom. The minimum absolute atomic E-state index is 2.25. The van der Waals surface area contributed by atoms with Crippen LogP contribution in [0.1, 0.15) is 0 Å². The fraction of sp³-hybridized carbons (Fsp3) is 1.00. The molecule has 20 heavy (non-hydrogen) atoms. The maximum absolute atomic E-state index is 10.4. The van der Waals surface area contributed by atoms with Crippen LogP contribution < -0.4 is 19.6 Å². The molecule has 1 aliphatic carbocycles. The standard InChI is InChI=1S/C6H14O12P2/c7-1-2(8)6(18-20(14,15)16)4(10)3(9)5(1)17-19(11,12)13/h1-10H,(H2,11,12,13)(H2,14,15,16)/p-4/t1-,2-,3-,4+,5?,6?/m1/s1. The Hall–Kier alpha value is 0.0600. The minimum Gasteiger partial charge on any atom is -0.790 e. The molecule has 0 aromatic carbocycles. The Labute approximate surface area is 111 Å². The van der Waals surface area contributed by atoms with Gasteiger partial charge in [-0.3, -0.25) is 0 Å². The zero-order chi connectivity index (χ0) is 15.9. The molecule has 14 heteroatoms. The molecule has 4 N–H and O–H groups in total. The quantitative estimate of drug-likeness (QED) is 0.352. The molecule has 1 rings (SSSR count). The van der Waals surface area contributed by atoms with Crippen molar-refractivity contribution in [2.24, 2.45) is 0 Å². The van der Waals surface area contributed by atoms with E-state index in [9.17, 15) is 49.1 Å². The molecular formula is C6H10O12P2-4. The first-order valence-corrected chi connectivity index (χ1v) is 7.89. The van der Waals surface area contributed by atoms with Crippen LogP contribution in [0.25, 0.3) is 0 Å². The van der Waals surface area contributed by atoms with Crippen LogP contribution in [-0.2, 0) is 18.2 Å². The van der Waals surface area contributed by atoms with Gasteiger partial charge in [-0.1, -0.05) is 0 Å². The molecule has 1 saturated carbocycles. The lowest BCUT2D eigenvalue weighted by atomic mass is 9.85. The summed E-state index contributed by atoms with van der Waals surface area (Å²) in [5.41, 5.74) is 0. The summed E-state index contributed by atoms with van der Waals surface area (Å²) in [4.78, 5) is 41.6. The molecule has 0 heterocycles. The van der Waals surface area contributed by atoms with Gasteiger partial charge in [0.2, 0.25) is 0 Å². The van der Waals surface area contributed by atoms with Gasteiger partial charge in [-0.2, -0.15) is 0 Å². The Morgan fingerprint density at radius 2 is 0.850 bits per heavy atom. The average Bonchev–Trinajstić information content (AvgIpc) is 2.25.